The maximum absolute atomic E-state index is 11.4. The van der Waals surface area contributed by atoms with Crippen LogP contribution in [0.2, 0.25) is 0 Å². The molecule has 0 radical (unpaired) electrons. The molecule has 0 aromatic heterocycles. The Hall–Kier alpha value is -0.830. The van der Waals surface area contributed by atoms with E-state index in [1.165, 1.54) is 0 Å². The fourth-order valence-corrected chi connectivity index (χ4v) is 2.51. The van der Waals surface area contributed by atoms with Crippen LogP contribution in [-0.2, 0) is 10.8 Å². The lowest BCUT2D eigenvalue weighted by Gasteiger charge is -2.09. The average Bonchev–Trinajstić information content (AvgIpc) is 2.02. The third-order valence-electron chi connectivity index (χ3n) is 1.96. The molecule has 1 aromatic carbocycles. The number of aryl methyl sites for hydroxylation is 2. The third-order valence-corrected chi connectivity index (χ3v) is 3.18. The highest BCUT2D eigenvalue weighted by Crippen LogP contribution is 2.23. The molecule has 13 heavy (non-hydrogen) atoms. The summed E-state index contributed by atoms with van der Waals surface area (Å²) in [7, 11) is 0.718. The Morgan fingerprint density at radius 2 is 1.69 bits per heavy atom. The zero-order valence-electron chi connectivity index (χ0n) is 8.38. The fraction of sp³-hybridized carbons (Fsp3) is 0.400. The molecule has 72 valence electrons. The Morgan fingerprint density at radius 1 is 1.23 bits per heavy atom. The van der Waals surface area contributed by atoms with Gasteiger partial charge in [-0.1, -0.05) is 0 Å². The van der Waals surface area contributed by atoms with Crippen molar-refractivity contribution in [2.45, 2.75) is 18.7 Å². The first-order valence-corrected chi connectivity index (χ1v) is 5.60. The van der Waals surface area contributed by atoms with E-state index in [0.29, 0.717) is 0 Å². The minimum Gasteiger partial charge on any atom is -0.497 e. The first-order chi connectivity index (χ1) is 6.06. The van der Waals surface area contributed by atoms with Crippen molar-refractivity contribution < 1.29 is 8.95 Å². The SMILES string of the molecule is COc1cc(C)c(S(C)=O)c(C)c1. The van der Waals surface area contributed by atoms with Crippen molar-refractivity contribution in [3.8, 4) is 5.75 Å². The van der Waals surface area contributed by atoms with E-state index in [1.54, 1.807) is 13.4 Å². The molecular weight excluding hydrogens is 184 g/mol. The van der Waals surface area contributed by atoms with Crippen molar-refractivity contribution in [1.29, 1.82) is 0 Å². The quantitative estimate of drug-likeness (QED) is 0.727. The zero-order valence-corrected chi connectivity index (χ0v) is 9.20. The topological polar surface area (TPSA) is 26.3 Å². The van der Waals surface area contributed by atoms with Crippen LogP contribution < -0.4 is 4.74 Å². The molecule has 1 unspecified atom stereocenters. The molecule has 0 fully saturated rings. The summed E-state index contributed by atoms with van der Waals surface area (Å²) in [5.74, 6) is 0.823. The molecule has 1 aromatic rings. The van der Waals surface area contributed by atoms with Crippen LogP contribution in [0.1, 0.15) is 11.1 Å². The average molecular weight is 198 g/mol. The Bertz CT molecular complexity index is 322. The normalized spacial score (nSPS) is 12.6. The highest BCUT2D eigenvalue weighted by molar-refractivity contribution is 7.84. The maximum atomic E-state index is 11.4. The molecule has 0 saturated carbocycles. The first kappa shape index (κ1) is 10.3. The minimum absolute atomic E-state index is 0.823. The number of rotatable bonds is 2. The van der Waals surface area contributed by atoms with Crippen LogP contribution in [0.4, 0.5) is 0 Å². The van der Waals surface area contributed by atoms with E-state index in [1.807, 2.05) is 26.0 Å². The number of hydrogen-bond acceptors (Lipinski definition) is 2. The summed E-state index contributed by atoms with van der Waals surface area (Å²) < 4.78 is 16.5. The van der Waals surface area contributed by atoms with Gasteiger partial charge in [-0.15, -0.1) is 0 Å². The molecule has 2 nitrogen and oxygen atoms in total. The van der Waals surface area contributed by atoms with Crippen molar-refractivity contribution >= 4 is 10.8 Å². The minimum atomic E-state index is -0.918. The second-order valence-electron chi connectivity index (χ2n) is 3.04. The van der Waals surface area contributed by atoms with Crippen molar-refractivity contribution in [3.63, 3.8) is 0 Å². The van der Waals surface area contributed by atoms with Gasteiger partial charge in [0.2, 0.25) is 0 Å². The lowest BCUT2D eigenvalue weighted by atomic mass is 10.1. The van der Waals surface area contributed by atoms with E-state index < -0.39 is 10.8 Å². The molecule has 0 heterocycles. The summed E-state index contributed by atoms with van der Waals surface area (Å²) in [5, 5.41) is 0. The molecule has 0 N–H and O–H groups in total. The number of ether oxygens (including phenoxy) is 1. The highest BCUT2D eigenvalue weighted by Gasteiger charge is 2.08. The lowest BCUT2D eigenvalue weighted by Crippen LogP contribution is -1.97. The van der Waals surface area contributed by atoms with Gasteiger partial charge in [-0.3, -0.25) is 4.21 Å². The number of hydrogen-bond donors (Lipinski definition) is 0. The molecule has 0 saturated heterocycles. The van der Waals surface area contributed by atoms with Crippen LogP contribution in [0.25, 0.3) is 0 Å². The van der Waals surface area contributed by atoms with Gasteiger partial charge in [0.1, 0.15) is 5.75 Å². The van der Waals surface area contributed by atoms with E-state index >= 15 is 0 Å². The second-order valence-corrected chi connectivity index (χ2v) is 4.36. The Morgan fingerprint density at radius 3 is 2.00 bits per heavy atom. The molecule has 0 aliphatic heterocycles. The summed E-state index contributed by atoms with van der Waals surface area (Å²) in [5.41, 5.74) is 2.05. The molecular formula is C10H14O2S. The van der Waals surface area contributed by atoms with Crippen molar-refractivity contribution in [3.05, 3.63) is 23.3 Å². The Kier molecular flexibility index (Phi) is 3.09. The fourth-order valence-electron chi connectivity index (χ4n) is 1.48. The third kappa shape index (κ3) is 2.10. The highest BCUT2D eigenvalue weighted by atomic mass is 32.2. The van der Waals surface area contributed by atoms with Crippen molar-refractivity contribution in [2.24, 2.45) is 0 Å². The van der Waals surface area contributed by atoms with Gasteiger partial charge in [-0.05, 0) is 37.1 Å². The van der Waals surface area contributed by atoms with Crippen LogP contribution >= 0.6 is 0 Å². The summed E-state index contributed by atoms with van der Waals surface area (Å²) >= 11 is 0. The molecule has 0 bridgehead atoms. The standard InChI is InChI=1S/C10H14O2S/c1-7-5-9(12-3)6-8(2)10(7)13(4)11/h5-6H,1-4H3. The van der Waals surface area contributed by atoms with Crippen LogP contribution in [0.3, 0.4) is 0 Å². The monoisotopic (exact) mass is 198 g/mol. The van der Waals surface area contributed by atoms with Gasteiger partial charge >= 0.3 is 0 Å². The van der Waals surface area contributed by atoms with E-state index in [2.05, 4.69) is 0 Å². The van der Waals surface area contributed by atoms with E-state index in [0.717, 1.165) is 21.8 Å². The summed E-state index contributed by atoms with van der Waals surface area (Å²) in [6.45, 7) is 3.90. The smallest absolute Gasteiger partial charge is 0.119 e. The molecule has 1 atom stereocenters. The molecule has 1 rings (SSSR count). The zero-order chi connectivity index (χ0) is 10.0. The van der Waals surface area contributed by atoms with Gasteiger partial charge in [0.15, 0.2) is 0 Å². The van der Waals surface area contributed by atoms with Crippen LogP contribution in [0, 0.1) is 13.8 Å². The molecule has 0 aliphatic rings. The Balaban J connectivity index is 3.31. The summed E-state index contributed by atoms with van der Waals surface area (Å²) in [6.07, 6.45) is 1.70. The van der Waals surface area contributed by atoms with E-state index in [4.69, 9.17) is 4.74 Å². The van der Waals surface area contributed by atoms with Gasteiger partial charge in [-0.25, -0.2) is 0 Å². The summed E-state index contributed by atoms with van der Waals surface area (Å²) in [4.78, 5) is 0.917. The largest absolute Gasteiger partial charge is 0.497 e. The van der Waals surface area contributed by atoms with Crippen LogP contribution in [0.5, 0.6) is 5.75 Å². The maximum Gasteiger partial charge on any atom is 0.119 e. The molecule has 3 heteroatoms. The van der Waals surface area contributed by atoms with Gasteiger partial charge in [0.25, 0.3) is 0 Å². The van der Waals surface area contributed by atoms with E-state index in [9.17, 15) is 4.21 Å². The van der Waals surface area contributed by atoms with Gasteiger partial charge in [-0.2, -0.15) is 0 Å². The number of methoxy groups -OCH3 is 1. The van der Waals surface area contributed by atoms with E-state index in [-0.39, 0.29) is 0 Å². The molecule has 0 amide bonds. The Labute approximate surface area is 81.4 Å². The second kappa shape index (κ2) is 3.92. The first-order valence-electron chi connectivity index (χ1n) is 4.05. The van der Waals surface area contributed by atoms with Gasteiger partial charge in [0.05, 0.1) is 17.9 Å². The lowest BCUT2D eigenvalue weighted by molar-refractivity contribution is 0.413. The van der Waals surface area contributed by atoms with Crippen molar-refractivity contribution in [1.82, 2.24) is 0 Å². The van der Waals surface area contributed by atoms with Crippen LogP contribution in [-0.4, -0.2) is 17.6 Å². The summed E-state index contributed by atoms with van der Waals surface area (Å²) in [6, 6.07) is 3.81. The molecule has 0 aliphatic carbocycles. The van der Waals surface area contributed by atoms with Gasteiger partial charge < -0.3 is 4.74 Å². The van der Waals surface area contributed by atoms with Gasteiger partial charge in [0, 0.05) is 11.2 Å². The number of benzene rings is 1. The molecule has 0 spiro atoms. The predicted molar refractivity (Wildman–Crippen MR) is 54.8 cm³/mol. The van der Waals surface area contributed by atoms with Crippen molar-refractivity contribution in [2.75, 3.05) is 13.4 Å². The van der Waals surface area contributed by atoms with Crippen LogP contribution in [0.15, 0.2) is 17.0 Å². The predicted octanol–water partition coefficient (Wildman–Crippen LogP) is 2.05.